The second-order valence-electron chi connectivity index (χ2n) is 4.12. The number of nitrogens with one attached hydrogen (secondary N) is 3. The summed E-state index contributed by atoms with van der Waals surface area (Å²) >= 11 is 0. The fraction of sp³-hybridized carbons (Fsp3) is 0.167. The molecular weight excluding hydrogens is 232 g/mol. The Morgan fingerprint density at radius 1 is 1.33 bits per heavy atom. The molecule has 0 bridgehead atoms. The number of rotatable bonds is 2. The number of phenolic OH excluding ortho intramolecular Hbond substituents is 1. The maximum atomic E-state index is 11.8. The maximum Gasteiger partial charge on any atom is 0.257 e. The molecule has 1 aliphatic rings. The van der Waals surface area contributed by atoms with Crippen LogP contribution < -0.4 is 16.2 Å². The van der Waals surface area contributed by atoms with Gasteiger partial charge in [-0.15, -0.1) is 0 Å². The minimum atomic E-state index is -0.132. The van der Waals surface area contributed by atoms with Crippen molar-refractivity contribution in [3.63, 3.8) is 0 Å². The van der Waals surface area contributed by atoms with Gasteiger partial charge in [0.25, 0.3) is 5.56 Å². The Hall–Kier alpha value is -2.34. The Bertz CT molecular complexity index is 651. The molecule has 6 heteroatoms. The molecule has 0 radical (unpaired) electrons. The molecule has 1 aromatic heterocycles. The van der Waals surface area contributed by atoms with E-state index in [4.69, 9.17) is 0 Å². The molecule has 92 valence electrons. The molecule has 1 aromatic carbocycles. The van der Waals surface area contributed by atoms with Crippen molar-refractivity contribution in [3.05, 3.63) is 45.9 Å². The van der Waals surface area contributed by atoms with Gasteiger partial charge in [0.05, 0.1) is 11.3 Å². The van der Waals surface area contributed by atoms with Gasteiger partial charge in [-0.1, -0.05) is 6.07 Å². The molecule has 0 saturated heterocycles. The van der Waals surface area contributed by atoms with Crippen LogP contribution in [0.4, 0.5) is 11.6 Å². The molecule has 0 unspecified atom stereocenters. The molecule has 1 aliphatic heterocycles. The Kier molecular flexibility index (Phi) is 2.49. The summed E-state index contributed by atoms with van der Waals surface area (Å²) in [5, 5.41) is 15.4. The number of aromatic nitrogens is 2. The zero-order chi connectivity index (χ0) is 12.5. The number of H-pyrrole nitrogens is 1. The minimum Gasteiger partial charge on any atom is -0.508 e. The SMILES string of the molecule is O=c1[nH]c(Nc2cccc(O)c2)nc2c1CNC2. The van der Waals surface area contributed by atoms with Crippen molar-refractivity contribution in [1.29, 1.82) is 0 Å². The second-order valence-corrected chi connectivity index (χ2v) is 4.12. The van der Waals surface area contributed by atoms with Crippen molar-refractivity contribution in [3.8, 4) is 5.75 Å². The minimum absolute atomic E-state index is 0.132. The average molecular weight is 244 g/mol. The summed E-state index contributed by atoms with van der Waals surface area (Å²) in [5.41, 5.74) is 1.99. The zero-order valence-corrected chi connectivity index (χ0v) is 9.53. The number of benzene rings is 1. The summed E-state index contributed by atoms with van der Waals surface area (Å²) in [7, 11) is 0. The average Bonchev–Trinajstić information content (AvgIpc) is 2.77. The molecule has 18 heavy (non-hydrogen) atoms. The van der Waals surface area contributed by atoms with E-state index >= 15 is 0 Å². The van der Waals surface area contributed by atoms with Crippen LogP contribution in [0.3, 0.4) is 0 Å². The van der Waals surface area contributed by atoms with Gasteiger partial charge in [0, 0.05) is 24.8 Å². The first-order valence-electron chi connectivity index (χ1n) is 5.61. The van der Waals surface area contributed by atoms with Gasteiger partial charge in [-0.2, -0.15) is 0 Å². The lowest BCUT2D eigenvalue weighted by atomic mass is 10.3. The third-order valence-corrected chi connectivity index (χ3v) is 2.80. The van der Waals surface area contributed by atoms with Crippen molar-refractivity contribution < 1.29 is 5.11 Å². The third-order valence-electron chi connectivity index (χ3n) is 2.80. The topological polar surface area (TPSA) is 90.0 Å². The van der Waals surface area contributed by atoms with Crippen molar-refractivity contribution in [1.82, 2.24) is 15.3 Å². The van der Waals surface area contributed by atoms with E-state index in [2.05, 4.69) is 20.6 Å². The molecule has 0 fully saturated rings. The second kappa shape index (κ2) is 4.15. The highest BCUT2D eigenvalue weighted by Crippen LogP contribution is 2.18. The fourth-order valence-electron chi connectivity index (χ4n) is 1.96. The molecule has 3 rings (SSSR count). The Morgan fingerprint density at radius 2 is 2.22 bits per heavy atom. The van der Waals surface area contributed by atoms with Crippen molar-refractivity contribution in [2.75, 3.05) is 5.32 Å². The van der Waals surface area contributed by atoms with Crippen LogP contribution >= 0.6 is 0 Å². The van der Waals surface area contributed by atoms with E-state index in [1.165, 1.54) is 0 Å². The van der Waals surface area contributed by atoms with E-state index in [0.717, 1.165) is 5.69 Å². The molecule has 0 aliphatic carbocycles. The molecular formula is C12H12N4O2. The van der Waals surface area contributed by atoms with Crippen LogP contribution in [0.5, 0.6) is 5.75 Å². The highest BCUT2D eigenvalue weighted by molar-refractivity contribution is 5.55. The molecule has 0 amide bonds. The van der Waals surface area contributed by atoms with Crippen molar-refractivity contribution >= 4 is 11.6 Å². The number of hydrogen-bond acceptors (Lipinski definition) is 5. The first-order valence-corrected chi connectivity index (χ1v) is 5.61. The van der Waals surface area contributed by atoms with Crippen LogP contribution in [-0.4, -0.2) is 15.1 Å². The van der Waals surface area contributed by atoms with Crippen LogP contribution in [0, 0.1) is 0 Å². The number of nitrogens with zero attached hydrogens (tertiary/aromatic N) is 1. The smallest absolute Gasteiger partial charge is 0.257 e. The van der Waals surface area contributed by atoms with Crippen LogP contribution in [0.2, 0.25) is 0 Å². The van der Waals surface area contributed by atoms with E-state index < -0.39 is 0 Å². The lowest BCUT2D eigenvalue weighted by molar-refractivity contribution is 0.475. The standard InChI is InChI=1S/C12H12N4O2/c17-8-3-1-2-7(4-8)14-12-15-10-6-13-5-9(10)11(18)16-12/h1-4,13,17H,5-6H2,(H2,14,15,16,18). The quantitative estimate of drug-likeness (QED) is 0.628. The Balaban J connectivity index is 1.94. The molecule has 4 N–H and O–H groups in total. The highest BCUT2D eigenvalue weighted by atomic mass is 16.3. The lowest BCUT2D eigenvalue weighted by Gasteiger charge is -2.06. The van der Waals surface area contributed by atoms with E-state index in [9.17, 15) is 9.90 Å². The molecule has 0 atom stereocenters. The van der Waals surface area contributed by atoms with Gasteiger partial charge < -0.3 is 15.7 Å². The van der Waals surface area contributed by atoms with Crippen LogP contribution in [0.1, 0.15) is 11.3 Å². The monoisotopic (exact) mass is 244 g/mol. The van der Waals surface area contributed by atoms with Crippen LogP contribution in [-0.2, 0) is 13.1 Å². The first kappa shape index (κ1) is 10.8. The van der Waals surface area contributed by atoms with E-state index in [1.54, 1.807) is 24.3 Å². The predicted octanol–water partition coefficient (Wildman–Crippen LogP) is 0.822. The Morgan fingerprint density at radius 3 is 3.06 bits per heavy atom. The molecule has 0 saturated carbocycles. The van der Waals surface area contributed by atoms with E-state index in [0.29, 0.717) is 30.3 Å². The van der Waals surface area contributed by atoms with E-state index in [-0.39, 0.29) is 11.3 Å². The molecule has 0 spiro atoms. The molecule has 2 aromatic rings. The number of anilines is 2. The van der Waals surface area contributed by atoms with Gasteiger partial charge in [0.2, 0.25) is 5.95 Å². The predicted molar refractivity (Wildman–Crippen MR) is 66.8 cm³/mol. The summed E-state index contributed by atoms with van der Waals surface area (Å²) in [6.07, 6.45) is 0. The summed E-state index contributed by atoms with van der Waals surface area (Å²) in [5.74, 6) is 0.540. The summed E-state index contributed by atoms with van der Waals surface area (Å²) in [4.78, 5) is 18.8. The number of phenols is 1. The summed E-state index contributed by atoms with van der Waals surface area (Å²) in [6, 6.07) is 6.63. The van der Waals surface area contributed by atoms with Gasteiger partial charge in [0.1, 0.15) is 5.75 Å². The van der Waals surface area contributed by atoms with Gasteiger partial charge in [0.15, 0.2) is 0 Å². The Labute approximate surface area is 103 Å². The largest absolute Gasteiger partial charge is 0.508 e. The van der Waals surface area contributed by atoms with Gasteiger partial charge in [-0.05, 0) is 12.1 Å². The normalized spacial score (nSPS) is 13.3. The molecule has 6 nitrogen and oxygen atoms in total. The fourth-order valence-corrected chi connectivity index (χ4v) is 1.96. The number of aromatic hydroxyl groups is 1. The maximum absolute atomic E-state index is 11.8. The van der Waals surface area contributed by atoms with Gasteiger partial charge in [-0.25, -0.2) is 4.98 Å². The summed E-state index contributed by atoms with van der Waals surface area (Å²) in [6.45, 7) is 1.16. The first-order chi connectivity index (χ1) is 8.72. The zero-order valence-electron chi connectivity index (χ0n) is 9.53. The lowest BCUT2D eigenvalue weighted by Crippen LogP contribution is -2.16. The van der Waals surface area contributed by atoms with Gasteiger partial charge in [-0.3, -0.25) is 9.78 Å². The van der Waals surface area contributed by atoms with E-state index in [1.807, 2.05) is 0 Å². The number of aromatic amines is 1. The van der Waals surface area contributed by atoms with Crippen LogP contribution in [0.25, 0.3) is 0 Å². The number of hydrogen-bond donors (Lipinski definition) is 4. The van der Waals surface area contributed by atoms with Crippen molar-refractivity contribution in [2.45, 2.75) is 13.1 Å². The van der Waals surface area contributed by atoms with Crippen LogP contribution in [0.15, 0.2) is 29.1 Å². The van der Waals surface area contributed by atoms with Crippen molar-refractivity contribution in [2.24, 2.45) is 0 Å². The third kappa shape index (κ3) is 1.93. The van der Waals surface area contributed by atoms with Gasteiger partial charge >= 0.3 is 0 Å². The summed E-state index contributed by atoms with van der Waals surface area (Å²) < 4.78 is 0. The molecule has 2 heterocycles. The number of fused-ring (bicyclic) bond motifs is 1. The highest BCUT2D eigenvalue weighted by Gasteiger charge is 2.16.